The predicted molar refractivity (Wildman–Crippen MR) is 54.8 cm³/mol. The molecule has 2 N–H and O–H groups in total. The van der Waals surface area contributed by atoms with Crippen LogP contribution >= 0.6 is 0 Å². The van der Waals surface area contributed by atoms with Gasteiger partial charge >= 0.3 is 11.9 Å². The summed E-state index contributed by atoms with van der Waals surface area (Å²) < 4.78 is 0. The first-order chi connectivity index (χ1) is 7.49. The van der Waals surface area contributed by atoms with Crippen LogP contribution in [-0.2, 0) is 4.79 Å². The number of benzene rings is 1. The second kappa shape index (κ2) is 4.57. The monoisotopic (exact) mass is 222 g/mol. The van der Waals surface area contributed by atoms with E-state index in [0.29, 0.717) is 6.29 Å². The van der Waals surface area contributed by atoms with E-state index < -0.39 is 17.9 Å². The van der Waals surface area contributed by atoms with Crippen molar-refractivity contribution >= 4 is 18.2 Å². The molecule has 0 heterocycles. The Bertz CT molecular complexity index is 417. The van der Waals surface area contributed by atoms with Crippen molar-refractivity contribution in [3.8, 4) is 0 Å². The van der Waals surface area contributed by atoms with Crippen LogP contribution in [0.25, 0.3) is 0 Å². The second-order valence-corrected chi connectivity index (χ2v) is 3.30. The number of aromatic carboxylic acids is 2. The molecule has 1 atom stereocenters. The van der Waals surface area contributed by atoms with Gasteiger partial charge in [-0.3, -0.25) is 0 Å². The Labute approximate surface area is 91.3 Å². The van der Waals surface area contributed by atoms with Crippen LogP contribution < -0.4 is 0 Å². The summed E-state index contributed by atoms with van der Waals surface area (Å²) in [6.45, 7) is 1.46. The van der Waals surface area contributed by atoms with Crippen molar-refractivity contribution in [3.63, 3.8) is 0 Å². The minimum absolute atomic E-state index is 0.0394. The third-order valence-corrected chi connectivity index (χ3v) is 2.23. The fraction of sp³-hybridized carbons (Fsp3) is 0.182. The standard InChI is InChI=1S/C11H10O5/c1-6(5-12)9-7(10(13)14)3-2-4-8(9)11(15)16/h2-6H,1H3,(H,13,14)(H,15,16). The largest absolute Gasteiger partial charge is 0.478 e. The van der Waals surface area contributed by atoms with Crippen LogP contribution in [0.15, 0.2) is 18.2 Å². The molecular formula is C11H10O5. The van der Waals surface area contributed by atoms with Gasteiger partial charge in [0, 0.05) is 5.92 Å². The topological polar surface area (TPSA) is 91.7 Å². The van der Waals surface area contributed by atoms with Gasteiger partial charge in [0.15, 0.2) is 0 Å². The third-order valence-electron chi connectivity index (χ3n) is 2.23. The number of carbonyl (C=O) groups is 3. The average Bonchev–Trinajstić information content (AvgIpc) is 2.26. The van der Waals surface area contributed by atoms with Gasteiger partial charge in [-0.1, -0.05) is 13.0 Å². The molecule has 0 aliphatic carbocycles. The van der Waals surface area contributed by atoms with Crippen molar-refractivity contribution in [2.75, 3.05) is 0 Å². The maximum absolute atomic E-state index is 10.9. The molecule has 0 bridgehead atoms. The Balaban J connectivity index is 3.52. The smallest absolute Gasteiger partial charge is 0.336 e. The molecule has 0 spiro atoms. The Hall–Kier alpha value is -2.17. The zero-order valence-corrected chi connectivity index (χ0v) is 8.51. The summed E-state index contributed by atoms with van der Waals surface area (Å²) in [7, 11) is 0. The number of hydrogen-bond acceptors (Lipinski definition) is 3. The Morgan fingerprint density at radius 2 is 1.62 bits per heavy atom. The molecule has 1 aromatic rings. The van der Waals surface area contributed by atoms with E-state index >= 15 is 0 Å². The number of carboxylic acids is 2. The van der Waals surface area contributed by atoms with Gasteiger partial charge in [-0.05, 0) is 17.7 Å². The van der Waals surface area contributed by atoms with Gasteiger partial charge in [-0.25, -0.2) is 9.59 Å². The highest BCUT2D eigenvalue weighted by Crippen LogP contribution is 2.23. The molecule has 0 aliphatic heterocycles. The molecule has 0 amide bonds. The van der Waals surface area contributed by atoms with Gasteiger partial charge in [0.25, 0.3) is 0 Å². The lowest BCUT2D eigenvalue weighted by Crippen LogP contribution is -2.12. The van der Waals surface area contributed by atoms with Crippen molar-refractivity contribution in [2.24, 2.45) is 0 Å². The Kier molecular flexibility index (Phi) is 3.40. The highest BCUT2D eigenvalue weighted by atomic mass is 16.4. The molecule has 16 heavy (non-hydrogen) atoms. The summed E-state index contributed by atoms with van der Waals surface area (Å²) in [5.41, 5.74) is -0.267. The maximum atomic E-state index is 10.9. The average molecular weight is 222 g/mol. The lowest BCUT2D eigenvalue weighted by molar-refractivity contribution is -0.108. The van der Waals surface area contributed by atoms with Crippen LogP contribution in [0, 0.1) is 0 Å². The summed E-state index contributed by atoms with van der Waals surface area (Å²) in [5.74, 6) is -3.25. The second-order valence-electron chi connectivity index (χ2n) is 3.30. The van der Waals surface area contributed by atoms with Gasteiger partial charge in [-0.2, -0.15) is 0 Å². The van der Waals surface area contributed by atoms with E-state index in [-0.39, 0.29) is 16.7 Å². The van der Waals surface area contributed by atoms with E-state index in [1.54, 1.807) is 0 Å². The van der Waals surface area contributed by atoms with Crippen LogP contribution in [0.4, 0.5) is 0 Å². The maximum Gasteiger partial charge on any atom is 0.336 e. The first-order valence-corrected chi connectivity index (χ1v) is 4.53. The van der Waals surface area contributed by atoms with Gasteiger partial charge in [0.05, 0.1) is 11.1 Å². The highest BCUT2D eigenvalue weighted by molar-refractivity contribution is 5.98. The molecule has 0 aromatic heterocycles. The number of carbonyl (C=O) groups excluding carboxylic acids is 1. The lowest BCUT2D eigenvalue weighted by atomic mass is 9.91. The first-order valence-electron chi connectivity index (χ1n) is 4.53. The van der Waals surface area contributed by atoms with Crippen LogP contribution in [0.5, 0.6) is 0 Å². The summed E-state index contributed by atoms with van der Waals surface area (Å²) in [5, 5.41) is 17.8. The van der Waals surface area contributed by atoms with Gasteiger partial charge in [0.1, 0.15) is 6.29 Å². The molecule has 1 unspecified atom stereocenters. The fourth-order valence-corrected chi connectivity index (χ4v) is 1.50. The fourth-order valence-electron chi connectivity index (χ4n) is 1.50. The van der Waals surface area contributed by atoms with E-state index in [1.165, 1.54) is 25.1 Å². The summed E-state index contributed by atoms with van der Waals surface area (Å²) in [6.07, 6.45) is 0.522. The Morgan fingerprint density at radius 1 is 1.19 bits per heavy atom. The summed E-state index contributed by atoms with van der Waals surface area (Å²) in [6, 6.07) is 3.90. The number of hydrogen-bond donors (Lipinski definition) is 2. The molecule has 0 saturated heterocycles. The van der Waals surface area contributed by atoms with Crippen molar-refractivity contribution in [2.45, 2.75) is 12.8 Å². The molecule has 0 radical (unpaired) electrons. The molecule has 1 aromatic carbocycles. The minimum atomic E-state index is -1.24. The molecule has 0 aliphatic rings. The molecule has 0 fully saturated rings. The van der Waals surface area contributed by atoms with Crippen LogP contribution in [0.3, 0.4) is 0 Å². The van der Waals surface area contributed by atoms with Crippen LogP contribution in [-0.4, -0.2) is 28.4 Å². The normalized spacial score (nSPS) is 11.8. The van der Waals surface area contributed by atoms with Crippen molar-refractivity contribution in [1.82, 2.24) is 0 Å². The van der Waals surface area contributed by atoms with E-state index in [4.69, 9.17) is 10.2 Å². The molecular weight excluding hydrogens is 212 g/mol. The van der Waals surface area contributed by atoms with Gasteiger partial charge in [0.2, 0.25) is 0 Å². The zero-order valence-electron chi connectivity index (χ0n) is 8.51. The van der Waals surface area contributed by atoms with Crippen LogP contribution in [0.1, 0.15) is 39.1 Å². The quantitative estimate of drug-likeness (QED) is 0.751. The number of carboxylic acid groups (broad SMARTS) is 2. The van der Waals surface area contributed by atoms with E-state index in [0.717, 1.165) is 0 Å². The summed E-state index contributed by atoms with van der Waals surface area (Å²) in [4.78, 5) is 32.5. The van der Waals surface area contributed by atoms with Crippen molar-refractivity contribution in [3.05, 3.63) is 34.9 Å². The highest BCUT2D eigenvalue weighted by Gasteiger charge is 2.21. The van der Waals surface area contributed by atoms with E-state index in [2.05, 4.69) is 0 Å². The molecule has 1 rings (SSSR count). The van der Waals surface area contributed by atoms with E-state index in [9.17, 15) is 14.4 Å². The third kappa shape index (κ3) is 2.08. The summed E-state index contributed by atoms with van der Waals surface area (Å²) >= 11 is 0. The first kappa shape index (κ1) is 11.9. The van der Waals surface area contributed by atoms with Crippen molar-refractivity contribution in [1.29, 1.82) is 0 Å². The van der Waals surface area contributed by atoms with Gasteiger partial charge in [-0.15, -0.1) is 0 Å². The SMILES string of the molecule is CC(C=O)c1c(C(=O)O)cccc1C(=O)O. The molecule has 5 heteroatoms. The molecule has 5 nitrogen and oxygen atoms in total. The van der Waals surface area contributed by atoms with E-state index in [1.807, 2.05) is 0 Å². The van der Waals surface area contributed by atoms with Gasteiger partial charge < -0.3 is 15.0 Å². The molecule has 84 valence electrons. The lowest BCUT2D eigenvalue weighted by Gasteiger charge is -2.11. The zero-order chi connectivity index (χ0) is 12.3. The Morgan fingerprint density at radius 3 is 1.94 bits per heavy atom. The number of aldehydes is 1. The van der Waals surface area contributed by atoms with Crippen molar-refractivity contribution < 1.29 is 24.6 Å². The van der Waals surface area contributed by atoms with Crippen LogP contribution in [0.2, 0.25) is 0 Å². The molecule has 0 saturated carbocycles. The number of rotatable bonds is 4. The predicted octanol–water partition coefficient (Wildman–Crippen LogP) is 1.39. The minimum Gasteiger partial charge on any atom is -0.478 e.